The molecule has 0 heterocycles. The Labute approximate surface area is 167 Å². The molecule has 2 aromatic rings. The summed E-state index contributed by atoms with van der Waals surface area (Å²) >= 11 is 11.7. The van der Waals surface area contributed by atoms with Gasteiger partial charge >= 0.3 is 5.97 Å². The van der Waals surface area contributed by atoms with Crippen LogP contribution in [0.2, 0.25) is 10.0 Å². The Balaban J connectivity index is 1.79. The van der Waals surface area contributed by atoms with Gasteiger partial charge in [-0.3, -0.25) is 9.59 Å². The number of ether oxygens (including phenoxy) is 3. The van der Waals surface area contributed by atoms with Gasteiger partial charge in [0.15, 0.2) is 18.1 Å². The zero-order chi connectivity index (χ0) is 19.8. The Hall–Kier alpha value is -2.44. The van der Waals surface area contributed by atoms with E-state index in [4.69, 9.17) is 37.4 Å². The minimum atomic E-state index is -0.482. The van der Waals surface area contributed by atoms with Gasteiger partial charge in [0.1, 0.15) is 0 Å². The molecule has 1 amide bonds. The highest BCUT2D eigenvalue weighted by Gasteiger charge is 2.10. The number of aryl methyl sites for hydroxylation is 1. The molecular formula is C19H19Cl2NO5. The Morgan fingerprint density at radius 2 is 1.63 bits per heavy atom. The summed E-state index contributed by atoms with van der Waals surface area (Å²) in [5, 5.41) is 3.35. The van der Waals surface area contributed by atoms with Gasteiger partial charge in [-0.15, -0.1) is 0 Å². The summed E-state index contributed by atoms with van der Waals surface area (Å²) in [5.74, 6) is 0.237. The van der Waals surface area contributed by atoms with Gasteiger partial charge in [-0.2, -0.15) is 0 Å². The van der Waals surface area contributed by atoms with Gasteiger partial charge in [0.25, 0.3) is 5.91 Å². The number of halogens is 2. The van der Waals surface area contributed by atoms with Gasteiger partial charge in [0.05, 0.1) is 14.2 Å². The lowest BCUT2D eigenvalue weighted by molar-refractivity contribution is -0.147. The van der Waals surface area contributed by atoms with Crippen LogP contribution in [0.4, 0.5) is 5.69 Å². The first-order valence-electron chi connectivity index (χ1n) is 8.03. The summed E-state index contributed by atoms with van der Waals surface area (Å²) in [5.41, 5.74) is 1.32. The number of nitrogens with one attached hydrogen (secondary N) is 1. The molecule has 2 rings (SSSR count). The molecule has 0 atom stereocenters. The molecule has 6 nitrogen and oxygen atoms in total. The molecule has 0 aromatic heterocycles. The number of anilines is 1. The van der Waals surface area contributed by atoms with Crippen molar-refractivity contribution in [1.82, 2.24) is 0 Å². The second-order valence-corrected chi connectivity index (χ2v) is 6.43. The van der Waals surface area contributed by atoms with E-state index in [1.165, 1.54) is 0 Å². The van der Waals surface area contributed by atoms with Crippen LogP contribution < -0.4 is 14.8 Å². The SMILES string of the molecule is COc1ccc(CCC(=O)OCC(=O)Nc2cc(Cl)cc(Cl)c2)cc1OC. The predicted molar refractivity (Wildman–Crippen MR) is 104 cm³/mol. The number of esters is 1. The highest BCUT2D eigenvalue weighted by atomic mass is 35.5. The van der Waals surface area contributed by atoms with E-state index >= 15 is 0 Å². The average Bonchev–Trinajstić information content (AvgIpc) is 2.63. The normalized spacial score (nSPS) is 10.2. The topological polar surface area (TPSA) is 73.9 Å². The van der Waals surface area contributed by atoms with Crippen molar-refractivity contribution in [2.24, 2.45) is 0 Å². The first-order valence-corrected chi connectivity index (χ1v) is 8.79. The quantitative estimate of drug-likeness (QED) is 0.661. The maximum absolute atomic E-state index is 11.9. The Morgan fingerprint density at radius 1 is 0.963 bits per heavy atom. The zero-order valence-electron chi connectivity index (χ0n) is 14.9. The maximum atomic E-state index is 11.9. The van der Waals surface area contributed by atoms with Crippen LogP contribution in [0.25, 0.3) is 0 Å². The number of hydrogen-bond acceptors (Lipinski definition) is 5. The van der Waals surface area contributed by atoms with E-state index in [1.54, 1.807) is 44.6 Å². The van der Waals surface area contributed by atoms with Crippen LogP contribution in [-0.2, 0) is 20.7 Å². The smallest absolute Gasteiger partial charge is 0.306 e. The van der Waals surface area contributed by atoms with E-state index < -0.39 is 18.5 Å². The van der Waals surface area contributed by atoms with Gasteiger partial charge in [-0.05, 0) is 42.3 Å². The summed E-state index contributed by atoms with van der Waals surface area (Å²) in [6.45, 7) is -0.394. The molecule has 0 aliphatic carbocycles. The maximum Gasteiger partial charge on any atom is 0.306 e. The van der Waals surface area contributed by atoms with Crippen molar-refractivity contribution >= 4 is 40.8 Å². The van der Waals surface area contributed by atoms with E-state index in [0.29, 0.717) is 33.7 Å². The van der Waals surface area contributed by atoms with E-state index in [2.05, 4.69) is 5.32 Å². The molecule has 0 saturated carbocycles. The molecule has 0 aliphatic heterocycles. The molecular weight excluding hydrogens is 393 g/mol. The largest absolute Gasteiger partial charge is 0.493 e. The standard InChI is InChI=1S/C19H19Cl2NO5/c1-25-16-5-3-12(7-17(16)26-2)4-6-19(24)27-11-18(23)22-15-9-13(20)8-14(21)10-15/h3,5,7-10H,4,6,11H2,1-2H3,(H,22,23). The summed E-state index contributed by atoms with van der Waals surface area (Å²) in [6, 6.07) is 10.0. The van der Waals surface area contributed by atoms with Crippen LogP contribution in [0.15, 0.2) is 36.4 Å². The third-order valence-electron chi connectivity index (χ3n) is 3.58. The number of rotatable bonds is 8. The van der Waals surface area contributed by atoms with Gasteiger partial charge in [-0.1, -0.05) is 29.3 Å². The van der Waals surface area contributed by atoms with Crippen molar-refractivity contribution in [3.8, 4) is 11.5 Å². The second-order valence-electron chi connectivity index (χ2n) is 5.56. The Bertz CT molecular complexity index is 805. The lowest BCUT2D eigenvalue weighted by Gasteiger charge is -2.10. The number of benzene rings is 2. The fourth-order valence-electron chi connectivity index (χ4n) is 2.32. The predicted octanol–water partition coefficient (Wildman–Crippen LogP) is 4.13. The first kappa shape index (κ1) is 20.9. The van der Waals surface area contributed by atoms with Crippen molar-refractivity contribution in [3.05, 3.63) is 52.0 Å². The molecule has 1 N–H and O–H groups in total. The van der Waals surface area contributed by atoms with Crippen molar-refractivity contribution in [3.63, 3.8) is 0 Å². The fourth-order valence-corrected chi connectivity index (χ4v) is 2.85. The third-order valence-corrected chi connectivity index (χ3v) is 4.01. The van der Waals surface area contributed by atoms with E-state index in [1.807, 2.05) is 6.07 Å². The zero-order valence-corrected chi connectivity index (χ0v) is 16.4. The van der Waals surface area contributed by atoms with Crippen LogP contribution in [0.3, 0.4) is 0 Å². The van der Waals surface area contributed by atoms with Crippen LogP contribution in [0.1, 0.15) is 12.0 Å². The van der Waals surface area contributed by atoms with E-state index in [0.717, 1.165) is 5.56 Å². The van der Waals surface area contributed by atoms with Crippen LogP contribution >= 0.6 is 23.2 Å². The van der Waals surface area contributed by atoms with Gasteiger partial charge in [-0.25, -0.2) is 0 Å². The van der Waals surface area contributed by atoms with Gasteiger partial charge in [0.2, 0.25) is 0 Å². The van der Waals surface area contributed by atoms with E-state index in [-0.39, 0.29) is 6.42 Å². The second kappa shape index (κ2) is 10.0. The molecule has 0 saturated heterocycles. The lowest BCUT2D eigenvalue weighted by Crippen LogP contribution is -2.21. The van der Waals surface area contributed by atoms with Gasteiger partial charge < -0.3 is 19.5 Å². The van der Waals surface area contributed by atoms with Crippen LogP contribution in [-0.4, -0.2) is 32.7 Å². The highest BCUT2D eigenvalue weighted by Crippen LogP contribution is 2.28. The van der Waals surface area contributed by atoms with E-state index in [9.17, 15) is 9.59 Å². The molecule has 0 fully saturated rings. The van der Waals surface area contributed by atoms with Crippen molar-refractivity contribution in [2.45, 2.75) is 12.8 Å². The molecule has 8 heteroatoms. The lowest BCUT2D eigenvalue weighted by atomic mass is 10.1. The van der Waals surface area contributed by atoms with Crippen molar-refractivity contribution in [1.29, 1.82) is 0 Å². The highest BCUT2D eigenvalue weighted by molar-refractivity contribution is 6.35. The molecule has 0 unspecified atom stereocenters. The summed E-state index contributed by atoms with van der Waals surface area (Å²) in [4.78, 5) is 23.7. The molecule has 0 radical (unpaired) electrons. The molecule has 0 spiro atoms. The number of hydrogen-bond donors (Lipinski definition) is 1. The van der Waals surface area contributed by atoms with Crippen molar-refractivity contribution < 1.29 is 23.8 Å². The third kappa shape index (κ3) is 6.66. The van der Waals surface area contributed by atoms with Crippen LogP contribution in [0.5, 0.6) is 11.5 Å². The number of amides is 1. The number of carbonyl (C=O) groups is 2. The molecule has 2 aromatic carbocycles. The van der Waals surface area contributed by atoms with Crippen LogP contribution in [0, 0.1) is 0 Å². The number of carbonyl (C=O) groups excluding carboxylic acids is 2. The molecule has 0 bridgehead atoms. The Kier molecular flexibility index (Phi) is 7.76. The molecule has 144 valence electrons. The summed E-state index contributed by atoms with van der Waals surface area (Å²) in [7, 11) is 3.10. The van der Waals surface area contributed by atoms with Crippen molar-refractivity contribution in [2.75, 3.05) is 26.1 Å². The first-order chi connectivity index (χ1) is 12.9. The monoisotopic (exact) mass is 411 g/mol. The minimum Gasteiger partial charge on any atom is -0.493 e. The Morgan fingerprint density at radius 3 is 2.26 bits per heavy atom. The summed E-state index contributed by atoms with van der Waals surface area (Å²) < 4.78 is 15.4. The summed E-state index contributed by atoms with van der Waals surface area (Å²) in [6.07, 6.45) is 0.580. The van der Waals surface area contributed by atoms with Gasteiger partial charge in [0, 0.05) is 22.2 Å². The minimum absolute atomic E-state index is 0.131. The molecule has 27 heavy (non-hydrogen) atoms. The fraction of sp³-hybridized carbons (Fsp3) is 0.263. The average molecular weight is 412 g/mol. The molecule has 0 aliphatic rings. The number of methoxy groups -OCH3 is 2.